The number of benzene rings is 3. The zero-order valence-corrected chi connectivity index (χ0v) is 11.5. The lowest BCUT2D eigenvalue weighted by Crippen LogP contribution is -1.85. The third-order valence-electron chi connectivity index (χ3n) is 3.46. The number of nitrogen functional groups attached to an aromatic ring is 1. The van der Waals surface area contributed by atoms with E-state index >= 15 is 0 Å². The smallest absolute Gasteiger partial charge is 0.0314 e. The lowest BCUT2D eigenvalue weighted by molar-refractivity contribution is 1.47. The fourth-order valence-electron chi connectivity index (χ4n) is 2.38. The Bertz CT molecular complexity index is 727. The lowest BCUT2D eigenvalue weighted by atomic mass is 9.98. The fourth-order valence-corrected chi connectivity index (χ4v) is 2.38. The van der Waals surface area contributed by atoms with Crippen LogP contribution in [0.15, 0.2) is 72.8 Å². The Balaban J connectivity index is 2.03. The summed E-state index contributed by atoms with van der Waals surface area (Å²) in [6.45, 7) is 2.12. The van der Waals surface area contributed by atoms with Crippen LogP contribution in [0.5, 0.6) is 0 Å². The molecule has 0 unspecified atom stereocenters. The number of anilines is 1. The molecule has 1 heteroatoms. The van der Waals surface area contributed by atoms with Crippen LogP contribution in [0.1, 0.15) is 5.56 Å². The Hall–Kier alpha value is -2.54. The van der Waals surface area contributed by atoms with Crippen molar-refractivity contribution in [2.45, 2.75) is 6.92 Å². The average molecular weight is 259 g/mol. The number of hydrogen-bond donors (Lipinski definition) is 1. The minimum Gasteiger partial charge on any atom is -0.399 e. The lowest BCUT2D eigenvalue weighted by Gasteiger charge is -2.07. The van der Waals surface area contributed by atoms with Crippen LogP contribution in [0.4, 0.5) is 5.69 Å². The summed E-state index contributed by atoms with van der Waals surface area (Å²) in [7, 11) is 0. The van der Waals surface area contributed by atoms with Crippen LogP contribution in [0.2, 0.25) is 0 Å². The summed E-state index contributed by atoms with van der Waals surface area (Å²) in [5.74, 6) is 0. The molecule has 0 aliphatic rings. The van der Waals surface area contributed by atoms with Crippen molar-refractivity contribution in [2.75, 3.05) is 5.73 Å². The van der Waals surface area contributed by atoms with E-state index in [1.165, 1.54) is 27.8 Å². The molecule has 0 aliphatic carbocycles. The van der Waals surface area contributed by atoms with Gasteiger partial charge in [-0.25, -0.2) is 0 Å². The quantitative estimate of drug-likeness (QED) is 0.650. The number of rotatable bonds is 2. The summed E-state index contributed by atoms with van der Waals surface area (Å²) in [5.41, 5.74) is 12.7. The molecule has 1 nitrogen and oxygen atoms in total. The molecular weight excluding hydrogens is 242 g/mol. The van der Waals surface area contributed by atoms with Crippen molar-refractivity contribution < 1.29 is 0 Å². The fraction of sp³-hybridized carbons (Fsp3) is 0.0526. The molecule has 2 N–H and O–H groups in total. The van der Waals surface area contributed by atoms with Crippen LogP contribution < -0.4 is 5.73 Å². The highest BCUT2D eigenvalue weighted by Crippen LogP contribution is 2.27. The third-order valence-corrected chi connectivity index (χ3v) is 3.46. The van der Waals surface area contributed by atoms with Crippen molar-refractivity contribution in [2.24, 2.45) is 0 Å². The first-order valence-corrected chi connectivity index (χ1v) is 6.75. The zero-order valence-electron chi connectivity index (χ0n) is 11.5. The van der Waals surface area contributed by atoms with Gasteiger partial charge in [0.2, 0.25) is 0 Å². The van der Waals surface area contributed by atoms with Gasteiger partial charge in [0.1, 0.15) is 0 Å². The first kappa shape index (κ1) is 12.5. The van der Waals surface area contributed by atoms with Gasteiger partial charge in [-0.05, 0) is 47.4 Å². The highest BCUT2D eigenvalue weighted by molar-refractivity contribution is 5.73. The standard InChI is InChI=1S/C19H17N/c1-14-4-2-5-16(12-14)18-7-3-6-17(13-18)15-8-10-19(20)11-9-15/h2-13H,20H2,1H3. The van der Waals surface area contributed by atoms with E-state index < -0.39 is 0 Å². The SMILES string of the molecule is Cc1cccc(-c2cccc(-c3ccc(N)cc3)c2)c1. The predicted octanol–water partition coefficient (Wildman–Crippen LogP) is 4.91. The van der Waals surface area contributed by atoms with Crippen molar-refractivity contribution in [1.82, 2.24) is 0 Å². The van der Waals surface area contributed by atoms with E-state index in [9.17, 15) is 0 Å². The van der Waals surface area contributed by atoms with E-state index in [-0.39, 0.29) is 0 Å². The Morgan fingerprint density at radius 1 is 0.600 bits per heavy atom. The average Bonchev–Trinajstić information content (AvgIpc) is 2.48. The van der Waals surface area contributed by atoms with Gasteiger partial charge in [-0.3, -0.25) is 0 Å². The molecule has 0 aromatic heterocycles. The summed E-state index contributed by atoms with van der Waals surface area (Å²) < 4.78 is 0. The molecule has 0 bridgehead atoms. The summed E-state index contributed by atoms with van der Waals surface area (Å²) in [6, 6.07) is 25.2. The molecular formula is C19H17N. The van der Waals surface area contributed by atoms with Gasteiger partial charge in [0.15, 0.2) is 0 Å². The molecule has 3 rings (SSSR count). The summed E-state index contributed by atoms with van der Waals surface area (Å²) in [6.07, 6.45) is 0. The third kappa shape index (κ3) is 2.57. The van der Waals surface area contributed by atoms with Crippen LogP contribution in [-0.2, 0) is 0 Å². The Morgan fingerprint density at radius 2 is 1.15 bits per heavy atom. The van der Waals surface area contributed by atoms with Gasteiger partial charge in [-0.2, -0.15) is 0 Å². The van der Waals surface area contributed by atoms with Crippen LogP contribution in [-0.4, -0.2) is 0 Å². The van der Waals surface area contributed by atoms with Crippen molar-refractivity contribution >= 4 is 5.69 Å². The number of nitrogens with two attached hydrogens (primary N) is 1. The minimum absolute atomic E-state index is 0.795. The molecule has 3 aromatic rings. The van der Waals surface area contributed by atoms with Gasteiger partial charge in [0.25, 0.3) is 0 Å². The highest BCUT2D eigenvalue weighted by atomic mass is 14.5. The predicted molar refractivity (Wildman–Crippen MR) is 86.5 cm³/mol. The zero-order chi connectivity index (χ0) is 13.9. The van der Waals surface area contributed by atoms with Gasteiger partial charge >= 0.3 is 0 Å². The highest BCUT2D eigenvalue weighted by Gasteiger charge is 2.01. The van der Waals surface area contributed by atoms with E-state index in [1.54, 1.807) is 0 Å². The molecule has 0 radical (unpaired) electrons. The van der Waals surface area contributed by atoms with Crippen LogP contribution in [0, 0.1) is 6.92 Å². The van der Waals surface area contributed by atoms with Crippen molar-refractivity contribution in [1.29, 1.82) is 0 Å². The Kier molecular flexibility index (Phi) is 3.26. The molecule has 0 heterocycles. The van der Waals surface area contributed by atoms with Gasteiger partial charge in [0, 0.05) is 5.69 Å². The van der Waals surface area contributed by atoms with Gasteiger partial charge in [-0.1, -0.05) is 60.2 Å². The molecule has 0 saturated heterocycles. The Labute approximate surface area is 119 Å². The number of aryl methyl sites for hydroxylation is 1. The maximum Gasteiger partial charge on any atom is 0.0314 e. The van der Waals surface area contributed by atoms with Gasteiger partial charge in [-0.15, -0.1) is 0 Å². The maximum atomic E-state index is 5.74. The second-order valence-electron chi connectivity index (χ2n) is 5.07. The van der Waals surface area contributed by atoms with Crippen LogP contribution in [0.3, 0.4) is 0 Å². The van der Waals surface area contributed by atoms with Crippen molar-refractivity contribution in [3.05, 3.63) is 78.4 Å². The first-order chi connectivity index (χ1) is 9.72. The second-order valence-corrected chi connectivity index (χ2v) is 5.07. The van der Waals surface area contributed by atoms with E-state index in [4.69, 9.17) is 5.73 Å². The molecule has 3 aromatic carbocycles. The molecule has 98 valence electrons. The molecule has 0 aliphatic heterocycles. The monoisotopic (exact) mass is 259 g/mol. The van der Waals surface area contributed by atoms with E-state index in [1.807, 2.05) is 12.1 Å². The normalized spacial score (nSPS) is 10.4. The van der Waals surface area contributed by atoms with Crippen molar-refractivity contribution in [3.63, 3.8) is 0 Å². The minimum atomic E-state index is 0.795. The first-order valence-electron chi connectivity index (χ1n) is 6.75. The van der Waals surface area contributed by atoms with E-state index in [0.29, 0.717) is 0 Å². The van der Waals surface area contributed by atoms with Gasteiger partial charge < -0.3 is 5.73 Å². The largest absolute Gasteiger partial charge is 0.399 e. The molecule has 20 heavy (non-hydrogen) atoms. The summed E-state index contributed by atoms with van der Waals surface area (Å²) in [5, 5.41) is 0. The molecule has 0 spiro atoms. The second kappa shape index (κ2) is 5.22. The van der Waals surface area contributed by atoms with Crippen molar-refractivity contribution in [3.8, 4) is 22.3 Å². The number of hydrogen-bond acceptors (Lipinski definition) is 1. The molecule has 0 atom stereocenters. The summed E-state index contributed by atoms with van der Waals surface area (Å²) >= 11 is 0. The maximum absolute atomic E-state index is 5.74. The molecule has 0 amide bonds. The molecule has 0 saturated carbocycles. The molecule has 0 fully saturated rings. The Morgan fingerprint density at radius 3 is 1.80 bits per heavy atom. The van der Waals surface area contributed by atoms with Crippen LogP contribution >= 0.6 is 0 Å². The van der Waals surface area contributed by atoms with E-state index in [2.05, 4.69) is 67.6 Å². The summed E-state index contributed by atoms with van der Waals surface area (Å²) in [4.78, 5) is 0. The van der Waals surface area contributed by atoms with Crippen LogP contribution in [0.25, 0.3) is 22.3 Å². The topological polar surface area (TPSA) is 26.0 Å². The van der Waals surface area contributed by atoms with E-state index in [0.717, 1.165) is 5.69 Å². The van der Waals surface area contributed by atoms with Gasteiger partial charge in [0.05, 0.1) is 0 Å².